The molecule has 2 atom stereocenters. The molecular weight excluding hydrogens is 356 g/mol. The van der Waals surface area contributed by atoms with Gasteiger partial charge in [-0.05, 0) is 80.3 Å². The third kappa shape index (κ3) is 5.08. The van der Waals surface area contributed by atoms with Crippen LogP contribution in [-0.4, -0.2) is 18.5 Å². The van der Waals surface area contributed by atoms with Crippen LogP contribution in [-0.2, 0) is 12.8 Å². The number of hydrogen-bond donors (Lipinski definition) is 2. The molecule has 0 spiro atoms. The van der Waals surface area contributed by atoms with Gasteiger partial charge in [-0.2, -0.15) is 0 Å². The maximum absolute atomic E-state index is 12.5. The predicted molar refractivity (Wildman–Crippen MR) is 119 cm³/mol. The summed E-state index contributed by atoms with van der Waals surface area (Å²) in [5, 5.41) is 6.98. The maximum Gasteiger partial charge on any atom is 0.251 e. The summed E-state index contributed by atoms with van der Waals surface area (Å²) in [5.41, 5.74) is 4.83. The van der Waals surface area contributed by atoms with Gasteiger partial charge in [-0.3, -0.25) is 4.79 Å². The third-order valence-electron chi connectivity index (χ3n) is 6.86. The third-order valence-corrected chi connectivity index (χ3v) is 6.86. The second-order valence-corrected chi connectivity index (χ2v) is 8.85. The lowest BCUT2D eigenvalue weighted by atomic mass is 9.84. The molecule has 2 unspecified atom stereocenters. The standard InChI is InChI=1S/C26H34N2O/c1-19(21-8-4-2-5-9-21)27-17-16-20-12-14-24-23(18-20)13-15-25(24)28-26(29)22-10-6-3-7-11-22/h3,6-7,10-12,14,18-19,21,25,27H,2,4-5,8-9,13,15-17H2,1H3,(H,28,29). The Morgan fingerprint density at radius 2 is 1.83 bits per heavy atom. The van der Waals surface area contributed by atoms with Gasteiger partial charge in [-0.25, -0.2) is 0 Å². The summed E-state index contributed by atoms with van der Waals surface area (Å²) in [6, 6.07) is 17.1. The Morgan fingerprint density at radius 1 is 1.03 bits per heavy atom. The predicted octanol–water partition coefficient (Wildman–Crippen LogP) is 5.20. The molecule has 2 aromatic rings. The summed E-state index contributed by atoms with van der Waals surface area (Å²) >= 11 is 0. The van der Waals surface area contributed by atoms with E-state index in [1.165, 1.54) is 48.8 Å². The second kappa shape index (κ2) is 9.58. The minimum absolute atomic E-state index is 0.0217. The van der Waals surface area contributed by atoms with E-state index in [9.17, 15) is 4.79 Å². The lowest BCUT2D eigenvalue weighted by Crippen LogP contribution is -2.35. The van der Waals surface area contributed by atoms with Crippen molar-refractivity contribution in [2.75, 3.05) is 6.54 Å². The van der Waals surface area contributed by atoms with E-state index in [-0.39, 0.29) is 11.9 Å². The highest BCUT2D eigenvalue weighted by atomic mass is 16.1. The van der Waals surface area contributed by atoms with Gasteiger partial charge in [0.1, 0.15) is 0 Å². The largest absolute Gasteiger partial charge is 0.345 e. The van der Waals surface area contributed by atoms with E-state index in [4.69, 9.17) is 0 Å². The summed E-state index contributed by atoms with van der Waals surface area (Å²) in [4.78, 5) is 12.5. The van der Waals surface area contributed by atoms with Gasteiger partial charge in [-0.15, -0.1) is 0 Å². The van der Waals surface area contributed by atoms with Gasteiger partial charge < -0.3 is 10.6 Å². The molecule has 1 saturated carbocycles. The van der Waals surface area contributed by atoms with Crippen molar-refractivity contribution in [3.05, 3.63) is 70.8 Å². The highest BCUT2D eigenvalue weighted by molar-refractivity contribution is 5.94. The van der Waals surface area contributed by atoms with Gasteiger partial charge in [0.05, 0.1) is 6.04 Å². The van der Waals surface area contributed by atoms with Crippen molar-refractivity contribution >= 4 is 5.91 Å². The first kappa shape index (κ1) is 20.2. The number of fused-ring (bicyclic) bond motifs is 1. The summed E-state index contributed by atoms with van der Waals surface area (Å²) in [5.74, 6) is 0.881. The van der Waals surface area contributed by atoms with Crippen LogP contribution in [0.15, 0.2) is 48.5 Å². The molecule has 0 bridgehead atoms. The molecule has 154 valence electrons. The Bertz CT molecular complexity index is 811. The molecule has 0 radical (unpaired) electrons. The molecule has 3 heteroatoms. The molecule has 4 rings (SSSR count). The van der Waals surface area contributed by atoms with Gasteiger partial charge in [0.25, 0.3) is 5.91 Å². The van der Waals surface area contributed by atoms with Crippen molar-refractivity contribution in [3.63, 3.8) is 0 Å². The van der Waals surface area contributed by atoms with E-state index < -0.39 is 0 Å². The number of carbonyl (C=O) groups excluding carboxylic acids is 1. The molecule has 2 aliphatic rings. The Hall–Kier alpha value is -2.13. The average Bonchev–Trinajstić information content (AvgIpc) is 3.17. The zero-order valence-electron chi connectivity index (χ0n) is 17.6. The highest BCUT2D eigenvalue weighted by Gasteiger charge is 2.24. The van der Waals surface area contributed by atoms with E-state index in [0.717, 1.165) is 37.3 Å². The Balaban J connectivity index is 1.29. The Labute approximate surface area is 175 Å². The minimum atomic E-state index is 0.0217. The van der Waals surface area contributed by atoms with Crippen LogP contribution in [0.1, 0.15) is 78.5 Å². The van der Waals surface area contributed by atoms with Crippen molar-refractivity contribution in [1.29, 1.82) is 0 Å². The van der Waals surface area contributed by atoms with Crippen molar-refractivity contribution in [3.8, 4) is 0 Å². The quantitative estimate of drug-likeness (QED) is 0.682. The SMILES string of the molecule is CC(NCCc1ccc2c(c1)CCC2NC(=O)c1ccccc1)C1CCCCC1. The molecule has 1 fully saturated rings. The van der Waals surface area contributed by atoms with Crippen LogP contribution in [0.25, 0.3) is 0 Å². The Kier molecular flexibility index (Phi) is 6.66. The van der Waals surface area contributed by atoms with Crippen LogP contribution in [0.5, 0.6) is 0 Å². The van der Waals surface area contributed by atoms with Gasteiger partial charge in [0.2, 0.25) is 0 Å². The summed E-state index contributed by atoms with van der Waals surface area (Å²) < 4.78 is 0. The van der Waals surface area contributed by atoms with Gasteiger partial charge in [0, 0.05) is 11.6 Å². The maximum atomic E-state index is 12.5. The number of aryl methyl sites for hydroxylation is 1. The molecule has 2 N–H and O–H groups in total. The molecule has 0 heterocycles. The van der Waals surface area contributed by atoms with Crippen LogP contribution >= 0.6 is 0 Å². The molecule has 1 amide bonds. The Morgan fingerprint density at radius 3 is 2.62 bits per heavy atom. The first-order valence-electron chi connectivity index (χ1n) is 11.4. The molecule has 2 aliphatic carbocycles. The number of amides is 1. The normalized spacial score (nSPS) is 20.2. The molecule has 0 aliphatic heterocycles. The minimum Gasteiger partial charge on any atom is -0.345 e. The van der Waals surface area contributed by atoms with Crippen molar-refractivity contribution < 1.29 is 4.79 Å². The van der Waals surface area contributed by atoms with Crippen molar-refractivity contribution in [2.45, 2.75) is 70.4 Å². The van der Waals surface area contributed by atoms with Crippen molar-refractivity contribution in [1.82, 2.24) is 10.6 Å². The molecule has 2 aromatic carbocycles. The second-order valence-electron chi connectivity index (χ2n) is 8.85. The summed E-state index contributed by atoms with van der Waals surface area (Å²) in [7, 11) is 0. The molecule has 29 heavy (non-hydrogen) atoms. The van der Waals surface area contributed by atoms with Gasteiger partial charge in [-0.1, -0.05) is 55.7 Å². The lowest BCUT2D eigenvalue weighted by Gasteiger charge is -2.28. The van der Waals surface area contributed by atoms with Gasteiger partial charge in [0.15, 0.2) is 0 Å². The smallest absolute Gasteiger partial charge is 0.251 e. The average molecular weight is 391 g/mol. The fourth-order valence-electron chi connectivity index (χ4n) is 5.05. The first-order chi connectivity index (χ1) is 14.2. The van der Waals surface area contributed by atoms with E-state index in [0.29, 0.717) is 6.04 Å². The number of hydrogen-bond acceptors (Lipinski definition) is 2. The van der Waals surface area contributed by atoms with Crippen LogP contribution in [0.3, 0.4) is 0 Å². The van der Waals surface area contributed by atoms with Crippen LogP contribution in [0.2, 0.25) is 0 Å². The van der Waals surface area contributed by atoms with E-state index in [1.807, 2.05) is 30.3 Å². The topological polar surface area (TPSA) is 41.1 Å². The lowest BCUT2D eigenvalue weighted by molar-refractivity contribution is 0.0936. The molecule has 3 nitrogen and oxygen atoms in total. The summed E-state index contributed by atoms with van der Waals surface area (Å²) in [6.07, 6.45) is 10.1. The fourth-order valence-corrected chi connectivity index (χ4v) is 5.05. The monoisotopic (exact) mass is 390 g/mol. The van der Waals surface area contributed by atoms with E-state index in [2.05, 4.69) is 35.8 Å². The first-order valence-corrected chi connectivity index (χ1v) is 11.4. The zero-order valence-corrected chi connectivity index (χ0v) is 17.6. The fraction of sp³-hybridized carbons (Fsp3) is 0.500. The van der Waals surface area contributed by atoms with E-state index in [1.54, 1.807) is 0 Å². The highest BCUT2D eigenvalue weighted by Crippen LogP contribution is 2.32. The van der Waals surface area contributed by atoms with Crippen LogP contribution in [0, 0.1) is 5.92 Å². The van der Waals surface area contributed by atoms with E-state index >= 15 is 0 Å². The number of nitrogens with one attached hydrogen (secondary N) is 2. The van der Waals surface area contributed by atoms with Crippen LogP contribution < -0.4 is 10.6 Å². The summed E-state index contributed by atoms with van der Waals surface area (Å²) in [6.45, 7) is 3.41. The number of carbonyl (C=O) groups is 1. The zero-order chi connectivity index (χ0) is 20.1. The number of benzene rings is 2. The van der Waals surface area contributed by atoms with Crippen molar-refractivity contribution in [2.24, 2.45) is 5.92 Å². The molecule has 0 saturated heterocycles. The van der Waals surface area contributed by atoms with Crippen LogP contribution in [0.4, 0.5) is 0 Å². The molecule has 0 aromatic heterocycles. The molecular formula is C26H34N2O. The van der Waals surface area contributed by atoms with Gasteiger partial charge >= 0.3 is 0 Å². The number of rotatable bonds is 7.